The van der Waals surface area contributed by atoms with Gasteiger partial charge in [0, 0.05) is 36.3 Å². The molecule has 0 atom stereocenters. The highest BCUT2D eigenvalue weighted by Gasteiger charge is 2.10. The van der Waals surface area contributed by atoms with Gasteiger partial charge in [-0.2, -0.15) is 5.10 Å². The Kier molecular flexibility index (Phi) is 5.63. The van der Waals surface area contributed by atoms with Gasteiger partial charge in [0.05, 0.1) is 6.61 Å². The first-order valence-corrected chi connectivity index (χ1v) is 8.58. The van der Waals surface area contributed by atoms with Gasteiger partial charge in [-0.1, -0.05) is 26.0 Å². The Bertz CT molecular complexity index is 860. The van der Waals surface area contributed by atoms with Crippen LogP contribution >= 0.6 is 0 Å². The Labute approximate surface area is 152 Å². The third-order valence-corrected chi connectivity index (χ3v) is 3.71. The van der Waals surface area contributed by atoms with Crippen LogP contribution < -0.4 is 10.1 Å². The molecule has 0 saturated carbocycles. The molecule has 0 saturated heterocycles. The average molecular weight is 350 g/mol. The fourth-order valence-electron chi connectivity index (χ4n) is 2.44. The second kappa shape index (κ2) is 8.29. The summed E-state index contributed by atoms with van der Waals surface area (Å²) in [6.45, 7) is 5.15. The van der Waals surface area contributed by atoms with Crippen LogP contribution in [0.25, 0.3) is 5.82 Å². The molecule has 1 N–H and O–H groups in total. The molecular formula is C20H22N4O2. The number of nitrogens with zero attached hydrogens (tertiary/aromatic N) is 3. The monoisotopic (exact) mass is 350 g/mol. The van der Waals surface area contributed by atoms with Crippen molar-refractivity contribution in [3.05, 3.63) is 72.2 Å². The summed E-state index contributed by atoms with van der Waals surface area (Å²) in [6.07, 6.45) is 5.22. The summed E-state index contributed by atoms with van der Waals surface area (Å²) in [5.41, 5.74) is 1.45. The van der Waals surface area contributed by atoms with Crippen LogP contribution in [0.1, 0.15) is 29.8 Å². The Morgan fingerprint density at radius 3 is 2.85 bits per heavy atom. The topological polar surface area (TPSA) is 69.0 Å². The number of pyridine rings is 1. The molecule has 0 aliphatic heterocycles. The standard InChI is InChI=1S/C20H22N4O2/c1-15(2)14-26-18-8-3-6-16(12-18)20(25)22-13-17-7-4-9-21-19(17)24-11-5-10-23-24/h3-12,15H,13-14H2,1-2H3,(H,22,25). The molecule has 0 spiro atoms. The first-order valence-electron chi connectivity index (χ1n) is 8.58. The number of amides is 1. The van der Waals surface area contributed by atoms with Crippen molar-refractivity contribution in [2.75, 3.05) is 6.61 Å². The van der Waals surface area contributed by atoms with Crippen LogP contribution in [-0.4, -0.2) is 27.3 Å². The minimum atomic E-state index is -0.157. The van der Waals surface area contributed by atoms with Crippen LogP contribution in [0.2, 0.25) is 0 Å². The maximum absolute atomic E-state index is 12.5. The van der Waals surface area contributed by atoms with E-state index in [1.165, 1.54) is 0 Å². The number of nitrogens with one attached hydrogen (secondary N) is 1. The number of benzene rings is 1. The van der Waals surface area contributed by atoms with Crippen molar-refractivity contribution >= 4 is 5.91 Å². The molecule has 6 heteroatoms. The molecule has 0 fully saturated rings. The first kappa shape index (κ1) is 17.7. The van der Waals surface area contributed by atoms with E-state index in [4.69, 9.17) is 4.74 Å². The van der Waals surface area contributed by atoms with Crippen LogP contribution in [-0.2, 0) is 6.54 Å². The van der Waals surface area contributed by atoms with Crippen molar-refractivity contribution in [3.8, 4) is 11.6 Å². The molecule has 134 valence electrons. The zero-order chi connectivity index (χ0) is 18.4. The normalized spacial score (nSPS) is 10.7. The van der Waals surface area contributed by atoms with Gasteiger partial charge in [0.1, 0.15) is 5.75 Å². The van der Waals surface area contributed by atoms with E-state index in [-0.39, 0.29) is 5.91 Å². The van der Waals surface area contributed by atoms with Crippen LogP contribution in [0.4, 0.5) is 0 Å². The summed E-state index contributed by atoms with van der Waals surface area (Å²) in [5, 5.41) is 7.14. The van der Waals surface area contributed by atoms with E-state index in [1.54, 1.807) is 29.2 Å². The molecule has 1 amide bonds. The predicted molar refractivity (Wildman–Crippen MR) is 99.3 cm³/mol. The fraction of sp³-hybridized carbons (Fsp3) is 0.250. The molecule has 2 aromatic heterocycles. The van der Waals surface area contributed by atoms with Crippen LogP contribution in [0.15, 0.2) is 61.1 Å². The van der Waals surface area contributed by atoms with Crippen molar-refractivity contribution < 1.29 is 9.53 Å². The van der Waals surface area contributed by atoms with Gasteiger partial charge in [0.2, 0.25) is 0 Å². The number of carbonyl (C=O) groups excluding carboxylic acids is 1. The highest BCUT2D eigenvalue weighted by molar-refractivity contribution is 5.94. The number of hydrogen-bond donors (Lipinski definition) is 1. The Morgan fingerprint density at radius 1 is 1.19 bits per heavy atom. The maximum Gasteiger partial charge on any atom is 0.251 e. The first-order chi connectivity index (χ1) is 12.6. The van der Waals surface area contributed by atoms with Crippen molar-refractivity contribution in [2.45, 2.75) is 20.4 Å². The van der Waals surface area contributed by atoms with E-state index >= 15 is 0 Å². The lowest BCUT2D eigenvalue weighted by molar-refractivity contribution is 0.0950. The third kappa shape index (κ3) is 4.47. The second-order valence-corrected chi connectivity index (χ2v) is 6.35. The van der Waals surface area contributed by atoms with Gasteiger partial charge >= 0.3 is 0 Å². The summed E-state index contributed by atoms with van der Waals surface area (Å²) < 4.78 is 7.37. The summed E-state index contributed by atoms with van der Waals surface area (Å²) in [6, 6.07) is 12.8. The summed E-state index contributed by atoms with van der Waals surface area (Å²) in [7, 11) is 0. The van der Waals surface area contributed by atoms with E-state index in [1.807, 2.05) is 36.5 Å². The number of hydrogen-bond acceptors (Lipinski definition) is 4. The molecule has 1 aromatic carbocycles. The zero-order valence-electron chi connectivity index (χ0n) is 14.9. The molecule has 26 heavy (non-hydrogen) atoms. The molecule has 0 radical (unpaired) electrons. The minimum Gasteiger partial charge on any atom is -0.493 e. The van der Waals surface area contributed by atoms with Crippen molar-refractivity contribution in [2.24, 2.45) is 5.92 Å². The molecule has 0 aliphatic rings. The van der Waals surface area contributed by atoms with Crippen molar-refractivity contribution in [1.82, 2.24) is 20.1 Å². The van der Waals surface area contributed by atoms with Gasteiger partial charge in [0.25, 0.3) is 5.91 Å². The van der Waals surface area contributed by atoms with Crippen LogP contribution in [0.3, 0.4) is 0 Å². The number of ether oxygens (including phenoxy) is 1. The molecule has 3 rings (SSSR count). The summed E-state index contributed by atoms with van der Waals surface area (Å²) in [4.78, 5) is 16.9. The van der Waals surface area contributed by atoms with Crippen molar-refractivity contribution in [1.29, 1.82) is 0 Å². The van der Waals surface area contributed by atoms with Gasteiger partial charge < -0.3 is 10.1 Å². The van der Waals surface area contributed by atoms with E-state index in [0.717, 1.165) is 5.56 Å². The van der Waals surface area contributed by atoms with Gasteiger partial charge in [-0.15, -0.1) is 0 Å². The van der Waals surface area contributed by atoms with E-state index in [9.17, 15) is 4.79 Å². The van der Waals surface area contributed by atoms with Gasteiger partial charge in [-0.25, -0.2) is 9.67 Å². The van der Waals surface area contributed by atoms with E-state index in [0.29, 0.717) is 36.2 Å². The predicted octanol–water partition coefficient (Wildman–Crippen LogP) is 3.23. The lowest BCUT2D eigenvalue weighted by Gasteiger charge is -2.11. The minimum absolute atomic E-state index is 0.157. The largest absolute Gasteiger partial charge is 0.493 e. The molecule has 0 unspecified atom stereocenters. The number of aromatic nitrogens is 3. The summed E-state index contributed by atoms with van der Waals surface area (Å²) >= 11 is 0. The quantitative estimate of drug-likeness (QED) is 0.710. The van der Waals surface area contributed by atoms with Gasteiger partial charge in [-0.05, 0) is 36.2 Å². The Balaban J connectivity index is 1.67. The molecule has 0 aliphatic carbocycles. The highest BCUT2D eigenvalue weighted by atomic mass is 16.5. The second-order valence-electron chi connectivity index (χ2n) is 6.35. The van der Waals surface area contributed by atoms with Crippen LogP contribution in [0, 0.1) is 5.92 Å². The van der Waals surface area contributed by atoms with Crippen LogP contribution in [0.5, 0.6) is 5.75 Å². The Hall–Kier alpha value is -3.15. The summed E-state index contributed by atoms with van der Waals surface area (Å²) in [5.74, 6) is 1.67. The van der Waals surface area contributed by atoms with E-state index < -0.39 is 0 Å². The van der Waals surface area contributed by atoms with Crippen molar-refractivity contribution in [3.63, 3.8) is 0 Å². The van der Waals surface area contributed by atoms with Gasteiger partial charge in [0.15, 0.2) is 5.82 Å². The molecule has 6 nitrogen and oxygen atoms in total. The maximum atomic E-state index is 12.5. The zero-order valence-corrected chi connectivity index (χ0v) is 14.9. The number of carbonyl (C=O) groups is 1. The molecule has 0 bridgehead atoms. The SMILES string of the molecule is CC(C)COc1cccc(C(=O)NCc2cccnc2-n2cccn2)c1. The lowest BCUT2D eigenvalue weighted by atomic mass is 10.2. The third-order valence-electron chi connectivity index (χ3n) is 3.71. The Morgan fingerprint density at radius 2 is 2.08 bits per heavy atom. The lowest BCUT2D eigenvalue weighted by Crippen LogP contribution is -2.24. The average Bonchev–Trinajstić information content (AvgIpc) is 3.19. The fourth-order valence-corrected chi connectivity index (χ4v) is 2.44. The molecule has 2 heterocycles. The number of rotatable bonds is 7. The van der Waals surface area contributed by atoms with Gasteiger partial charge in [-0.3, -0.25) is 4.79 Å². The smallest absolute Gasteiger partial charge is 0.251 e. The molecular weight excluding hydrogens is 328 g/mol. The molecule has 3 aromatic rings. The van der Waals surface area contributed by atoms with E-state index in [2.05, 4.69) is 29.2 Å². The highest BCUT2D eigenvalue weighted by Crippen LogP contribution is 2.15.